The van der Waals surface area contributed by atoms with Crippen LogP contribution in [-0.2, 0) is 11.3 Å². The van der Waals surface area contributed by atoms with E-state index in [4.69, 9.17) is 9.47 Å². The minimum atomic E-state index is 0.760. The lowest BCUT2D eigenvalue weighted by molar-refractivity contribution is 0.000228. The highest BCUT2D eigenvalue weighted by Crippen LogP contribution is 2.20. The second-order valence-corrected chi connectivity index (χ2v) is 6.01. The average molecular weight is 290 g/mol. The number of rotatable bonds is 4. The number of hydrogen-bond donors (Lipinski definition) is 0. The summed E-state index contributed by atoms with van der Waals surface area (Å²) in [4.78, 5) is 5.18. The highest BCUT2D eigenvalue weighted by Gasteiger charge is 2.25. The minimum absolute atomic E-state index is 0.760. The van der Waals surface area contributed by atoms with E-state index in [2.05, 4.69) is 28.0 Å². The van der Waals surface area contributed by atoms with Crippen LogP contribution in [0.15, 0.2) is 24.3 Å². The highest BCUT2D eigenvalue weighted by molar-refractivity contribution is 5.28. The number of nitrogens with zero attached hydrogens (tertiary/aromatic N) is 2. The third-order valence-corrected chi connectivity index (χ3v) is 4.66. The van der Waals surface area contributed by atoms with E-state index in [0.717, 1.165) is 44.6 Å². The van der Waals surface area contributed by atoms with E-state index >= 15 is 0 Å². The van der Waals surface area contributed by atoms with Crippen molar-refractivity contribution in [2.45, 2.75) is 25.4 Å². The molecule has 0 atom stereocenters. The first-order valence-electron chi connectivity index (χ1n) is 8.02. The number of ether oxygens (including phenoxy) is 2. The third-order valence-electron chi connectivity index (χ3n) is 4.66. The summed E-state index contributed by atoms with van der Waals surface area (Å²) in [6.45, 7) is 7.46. The van der Waals surface area contributed by atoms with Gasteiger partial charge in [0.1, 0.15) is 5.75 Å². The molecule has 4 heteroatoms. The summed E-state index contributed by atoms with van der Waals surface area (Å²) in [5.74, 6) is 0.954. The topological polar surface area (TPSA) is 24.9 Å². The summed E-state index contributed by atoms with van der Waals surface area (Å²) in [6.07, 6.45) is 2.56. The van der Waals surface area contributed by atoms with Gasteiger partial charge < -0.3 is 9.47 Å². The fraction of sp³-hybridized carbons (Fsp3) is 0.647. The molecule has 0 aromatic heterocycles. The molecular formula is C17H26N2O2. The Bertz CT molecular complexity index is 438. The number of morpholine rings is 1. The van der Waals surface area contributed by atoms with Gasteiger partial charge in [-0.05, 0) is 43.6 Å². The summed E-state index contributed by atoms with van der Waals surface area (Å²) in [7, 11) is 1.73. The molecule has 0 saturated carbocycles. The molecular weight excluding hydrogens is 264 g/mol. The number of benzene rings is 1. The van der Waals surface area contributed by atoms with Gasteiger partial charge in [-0.2, -0.15) is 0 Å². The van der Waals surface area contributed by atoms with Gasteiger partial charge in [0.05, 0.1) is 20.3 Å². The number of methoxy groups -OCH3 is 1. The number of piperidine rings is 1. The van der Waals surface area contributed by atoms with Gasteiger partial charge in [-0.25, -0.2) is 0 Å². The van der Waals surface area contributed by atoms with Crippen LogP contribution < -0.4 is 4.74 Å². The van der Waals surface area contributed by atoms with Crippen LogP contribution in [0.1, 0.15) is 18.4 Å². The van der Waals surface area contributed by atoms with Crippen LogP contribution in [0, 0.1) is 0 Å². The van der Waals surface area contributed by atoms with Crippen LogP contribution in [0.4, 0.5) is 0 Å². The van der Waals surface area contributed by atoms with Crippen molar-refractivity contribution in [3.05, 3.63) is 29.8 Å². The predicted molar refractivity (Wildman–Crippen MR) is 83.7 cm³/mol. The summed E-state index contributed by atoms with van der Waals surface area (Å²) in [5, 5.41) is 0. The van der Waals surface area contributed by atoms with Crippen LogP contribution in [0.5, 0.6) is 5.75 Å². The van der Waals surface area contributed by atoms with E-state index in [1.165, 1.54) is 31.5 Å². The second kappa shape index (κ2) is 7.25. The molecule has 2 fully saturated rings. The molecule has 0 unspecified atom stereocenters. The number of likely N-dealkylation sites (tertiary alicyclic amines) is 1. The molecule has 2 saturated heterocycles. The Labute approximate surface area is 127 Å². The van der Waals surface area contributed by atoms with Gasteiger partial charge in [0.15, 0.2) is 0 Å². The molecule has 2 aliphatic rings. The van der Waals surface area contributed by atoms with Gasteiger partial charge in [0, 0.05) is 25.7 Å². The van der Waals surface area contributed by atoms with Crippen molar-refractivity contribution in [1.29, 1.82) is 0 Å². The van der Waals surface area contributed by atoms with Gasteiger partial charge in [-0.15, -0.1) is 0 Å². The zero-order valence-corrected chi connectivity index (χ0v) is 13.0. The maximum Gasteiger partial charge on any atom is 0.119 e. The molecule has 2 aliphatic heterocycles. The maximum atomic E-state index is 5.45. The largest absolute Gasteiger partial charge is 0.497 e. The Hall–Kier alpha value is -1.10. The van der Waals surface area contributed by atoms with Crippen molar-refractivity contribution in [3.8, 4) is 5.75 Å². The molecule has 0 aliphatic carbocycles. The van der Waals surface area contributed by atoms with Crippen molar-refractivity contribution >= 4 is 0 Å². The SMILES string of the molecule is COc1cccc(CN2CCC(N3CCOCC3)CC2)c1. The Morgan fingerprint density at radius 3 is 2.62 bits per heavy atom. The van der Waals surface area contributed by atoms with E-state index in [-0.39, 0.29) is 0 Å². The van der Waals surface area contributed by atoms with Crippen LogP contribution in [0.2, 0.25) is 0 Å². The summed E-state index contributed by atoms with van der Waals surface area (Å²) < 4.78 is 10.8. The normalized spacial score (nSPS) is 22.3. The van der Waals surface area contributed by atoms with Gasteiger partial charge >= 0.3 is 0 Å². The first kappa shape index (κ1) is 14.8. The van der Waals surface area contributed by atoms with Gasteiger partial charge in [0.25, 0.3) is 0 Å². The molecule has 0 bridgehead atoms. The Morgan fingerprint density at radius 2 is 1.90 bits per heavy atom. The fourth-order valence-electron chi connectivity index (χ4n) is 3.41. The lowest BCUT2D eigenvalue weighted by atomic mass is 10.0. The molecule has 0 amide bonds. The second-order valence-electron chi connectivity index (χ2n) is 6.01. The Kier molecular flexibility index (Phi) is 5.12. The number of hydrogen-bond acceptors (Lipinski definition) is 4. The average Bonchev–Trinajstić information content (AvgIpc) is 2.56. The molecule has 116 valence electrons. The lowest BCUT2D eigenvalue weighted by Crippen LogP contribution is -2.48. The molecule has 4 nitrogen and oxygen atoms in total. The first-order valence-corrected chi connectivity index (χ1v) is 8.02. The van der Waals surface area contributed by atoms with E-state index in [1.54, 1.807) is 7.11 Å². The smallest absolute Gasteiger partial charge is 0.119 e. The first-order chi connectivity index (χ1) is 10.3. The van der Waals surface area contributed by atoms with E-state index in [1.807, 2.05) is 6.07 Å². The standard InChI is InChI=1S/C17H26N2O2/c1-20-17-4-2-3-15(13-17)14-18-7-5-16(6-8-18)19-9-11-21-12-10-19/h2-4,13,16H,5-12,14H2,1H3. The molecule has 0 radical (unpaired) electrons. The van der Waals surface area contributed by atoms with E-state index in [9.17, 15) is 0 Å². The van der Waals surface area contributed by atoms with Crippen molar-refractivity contribution in [1.82, 2.24) is 9.80 Å². The van der Waals surface area contributed by atoms with E-state index < -0.39 is 0 Å². The van der Waals surface area contributed by atoms with Crippen molar-refractivity contribution in [2.75, 3.05) is 46.5 Å². The maximum absolute atomic E-state index is 5.45. The van der Waals surface area contributed by atoms with Crippen LogP contribution in [0.3, 0.4) is 0 Å². The molecule has 3 rings (SSSR count). The molecule has 1 aromatic carbocycles. The predicted octanol–water partition coefficient (Wildman–Crippen LogP) is 1.99. The molecule has 2 heterocycles. The molecule has 0 spiro atoms. The summed E-state index contributed by atoms with van der Waals surface area (Å²) >= 11 is 0. The highest BCUT2D eigenvalue weighted by atomic mass is 16.5. The monoisotopic (exact) mass is 290 g/mol. The Balaban J connectivity index is 1.48. The zero-order valence-electron chi connectivity index (χ0n) is 13.0. The van der Waals surface area contributed by atoms with Crippen molar-refractivity contribution < 1.29 is 9.47 Å². The minimum Gasteiger partial charge on any atom is -0.497 e. The fourth-order valence-corrected chi connectivity index (χ4v) is 3.41. The Morgan fingerprint density at radius 1 is 1.14 bits per heavy atom. The molecule has 21 heavy (non-hydrogen) atoms. The lowest BCUT2D eigenvalue weighted by Gasteiger charge is -2.40. The van der Waals surface area contributed by atoms with Gasteiger partial charge in [-0.3, -0.25) is 9.80 Å². The van der Waals surface area contributed by atoms with Crippen molar-refractivity contribution in [3.63, 3.8) is 0 Å². The molecule has 0 N–H and O–H groups in total. The van der Waals surface area contributed by atoms with Gasteiger partial charge in [0.2, 0.25) is 0 Å². The third kappa shape index (κ3) is 3.96. The summed E-state index contributed by atoms with van der Waals surface area (Å²) in [5.41, 5.74) is 1.35. The van der Waals surface area contributed by atoms with Crippen LogP contribution in [0.25, 0.3) is 0 Å². The van der Waals surface area contributed by atoms with Crippen LogP contribution >= 0.6 is 0 Å². The van der Waals surface area contributed by atoms with Crippen molar-refractivity contribution in [2.24, 2.45) is 0 Å². The van der Waals surface area contributed by atoms with Gasteiger partial charge in [-0.1, -0.05) is 12.1 Å². The quantitative estimate of drug-likeness (QED) is 0.847. The summed E-state index contributed by atoms with van der Waals surface area (Å²) in [6, 6.07) is 9.18. The van der Waals surface area contributed by atoms with E-state index in [0.29, 0.717) is 0 Å². The van der Waals surface area contributed by atoms with Crippen LogP contribution in [-0.4, -0.2) is 62.3 Å². The molecule has 1 aromatic rings. The zero-order chi connectivity index (χ0) is 14.5.